The number of aryl methyl sites for hydroxylation is 1. The summed E-state index contributed by atoms with van der Waals surface area (Å²) < 4.78 is 27.4. The number of benzene rings is 2. The summed E-state index contributed by atoms with van der Waals surface area (Å²) >= 11 is 0. The molecule has 0 bridgehead atoms. The zero-order valence-corrected chi connectivity index (χ0v) is 15.5. The molecule has 134 valence electrons. The van der Waals surface area contributed by atoms with E-state index in [9.17, 15) is 13.2 Å². The molecule has 0 N–H and O–H groups in total. The van der Waals surface area contributed by atoms with Crippen molar-refractivity contribution in [1.82, 2.24) is 9.42 Å². The van der Waals surface area contributed by atoms with E-state index < -0.39 is 15.9 Å². The van der Waals surface area contributed by atoms with Crippen LogP contribution in [-0.4, -0.2) is 23.7 Å². The Morgan fingerprint density at radius 1 is 1.04 bits per heavy atom. The largest absolute Gasteiger partial charge is 0.284 e. The van der Waals surface area contributed by atoms with Crippen molar-refractivity contribution in [1.29, 1.82) is 0 Å². The smallest absolute Gasteiger partial charge is 0.271 e. The molecule has 2 atom stereocenters. The second kappa shape index (κ2) is 5.99. The lowest BCUT2D eigenvalue weighted by atomic mass is 9.87. The van der Waals surface area contributed by atoms with Gasteiger partial charge in [0.15, 0.2) is 0 Å². The molecule has 2 aromatic rings. The molecule has 2 aliphatic rings. The third-order valence-corrected chi connectivity index (χ3v) is 6.78. The summed E-state index contributed by atoms with van der Waals surface area (Å²) in [7, 11) is -3.96. The molecule has 2 aromatic carbocycles. The molecule has 0 unspecified atom stereocenters. The van der Waals surface area contributed by atoms with Crippen LogP contribution < -0.4 is 0 Å². The highest BCUT2D eigenvalue weighted by Crippen LogP contribution is 2.45. The van der Waals surface area contributed by atoms with E-state index in [0.717, 1.165) is 21.1 Å². The fourth-order valence-corrected chi connectivity index (χ4v) is 5.20. The maximum atomic E-state index is 13.2. The van der Waals surface area contributed by atoms with Gasteiger partial charge in [-0.2, -0.15) is 8.42 Å². The van der Waals surface area contributed by atoms with Crippen molar-refractivity contribution in [3.05, 3.63) is 71.4 Å². The first-order valence-corrected chi connectivity index (χ1v) is 10.1. The Balaban J connectivity index is 1.84. The van der Waals surface area contributed by atoms with E-state index in [2.05, 4.69) is 0 Å². The summed E-state index contributed by atoms with van der Waals surface area (Å²) in [5, 5.41) is 1.58. The van der Waals surface area contributed by atoms with Crippen LogP contribution in [0.1, 0.15) is 36.1 Å². The highest BCUT2D eigenvalue weighted by molar-refractivity contribution is 7.89. The lowest BCUT2D eigenvalue weighted by Gasteiger charge is -2.33. The maximum absolute atomic E-state index is 13.2. The Kier molecular flexibility index (Phi) is 3.88. The summed E-state index contributed by atoms with van der Waals surface area (Å²) in [6.07, 6.45) is 4.13. The summed E-state index contributed by atoms with van der Waals surface area (Å²) in [4.78, 5) is 13.2. The van der Waals surface area contributed by atoms with Crippen LogP contribution in [0.15, 0.2) is 59.6 Å². The first-order chi connectivity index (χ1) is 12.4. The quantitative estimate of drug-likeness (QED) is 0.832. The normalized spacial score (nSPS) is 21.7. The van der Waals surface area contributed by atoms with Crippen molar-refractivity contribution in [3.63, 3.8) is 0 Å². The van der Waals surface area contributed by atoms with Gasteiger partial charge < -0.3 is 0 Å². The van der Waals surface area contributed by atoms with Gasteiger partial charge in [0.2, 0.25) is 0 Å². The average Bonchev–Trinajstić information content (AvgIpc) is 2.94. The Bertz CT molecular complexity index is 996. The van der Waals surface area contributed by atoms with Crippen LogP contribution in [0.4, 0.5) is 0 Å². The van der Waals surface area contributed by atoms with Gasteiger partial charge in [-0.1, -0.05) is 48.9 Å². The number of amides is 1. The zero-order valence-electron chi connectivity index (χ0n) is 14.7. The summed E-state index contributed by atoms with van der Waals surface area (Å²) in [5.74, 6) is -0.777. The minimum absolute atomic E-state index is 0.124. The predicted molar refractivity (Wildman–Crippen MR) is 99.0 cm³/mol. The van der Waals surface area contributed by atoms with Crippen molar-refractivity contribution in [2.45, 2.75) is 31.2 Å². The SMILES string of the molecule is CC[C@@H]1C(=O)N(S(=O)(=O)c2ccc(C)cc2)N2C=Cc3ccccc3[C@H]12. The minimum Gasteiger partial charge on any atom is -0.271 e. The van der Waals surface area contributed by atoms with Crippen molar-refractivity contribution in [2.24, 2.45) is 5.92 Å². The van der Waals surface area contributed by atoms with Gasteiger partial charge >= 0.3 is 0 Å². The third-order valence-electron chi connectivity index (χ3n) is 5.09. The van der Waals surface area contributed by atoms with Crippen LogP contribution in [0, 0.1) is 12.8 Å². The van der Waals surface area contributed by atoms with E-state index in [4.69, 9.17) is 0 Å². The van der Waals surface area contributed by atoms with E-state index in [-0.39, 0.29) is 16.8 Å². The van der Waals surface area contributed by atoms with Crippen LogP contribution in [0.3, 0.4) is 0 Å². The molecule has 26 heavy (non-hydrogen) atoms. The molecule has 2 aliphatic heterocycles. The molecular formula is C20H20N2O3S. The highest BCUT2D eigenvalue weighted by Gasteiger charge is 2.51. The Labute approximate surface area is 153 Å². The third kappa shape index (κ3) is 2.36. The van der Waals surface area contributed by atoms with Gasteiger partial charge in [0, 0.05) is 6.20 Å². The number of rotatable bonds is 3. The lowest BCUT2D eigenvalue weighted by molar-refractivity contribution is -0.130. The van der Waals surface area contributed by atoms with Crippen molar-refractivity contribution < 1.29 is 13.2 Å². The number of hydrogen-bond donors (Lipinski definition) is 0. The molecule has 0 aliphatic carbocycles. The van der Waals surface area contributed by atoms with Crippen molar-refractivity contribution in [3.8, 4) is 0 Å². The van der Waals surface area contributed by atoms with Gasteiger partial charge in [-0.25, -0.2) is 0 Å². The Hall–Kier alpha value is -2.60. The molecule has 5 nitrogen and oxygen atoms in total. The van der Waals surface area contributed by atoms with E-state index in [1.54, 1.807) is 35.5 Å². The molecule has 4 rings (SSSR count). The van der Waals surface area contributed by atoms with Crippen LogP contribution in [-0.2, 0) is 14.8 Å². The van der Waals surface area contributed by atoms with Crippen molar-refractivity contribution >= 4 is 22.0 Å². The van der Waals surface area contributed by atoms with Crippen LogP contribution in [0.25, 0.3) is 6.08 Å². The van der Waals surface area contributed by atoms with Gasteiger partial charge in [-0.05, 0) is 42.7 Å². The molecule has 1 amide bonds. The van der Waals surface area contributed by atoms with Gasteiger partial charge in [-0.3, -0.25) is 9.80 Å². The average molecular weight is 368 g/mol. The molecule has 0 radical (unpaired) electrons. The first kappa shape index (κ1) is 16.8. The van der Waals surface area contributed by atoms with Gasteiger partial charge in [0.25, 0.3) is 15.9 Å². The van der Waals surface area contributed by atoms with E-state index in [1.165, 1.54) is 0 Å². The fourth-order valence-electron chi connectivity index (χ4n) is 3.74. The molecular weight excluding hydrogens is 348 g/mol. The van der Waals surface area contributed by atoms with Gasteiger partial charge in [0.1, 0.15) is 0 Å². The maximum Gasteiger partial charge on any atom is 0.284 e. The molecule has 2 heterocycles. The number of carbonyl (C=O) groups excluding carboxylic acids is 1. The Morgan fingerprint density at radius 2 is 1.73 bits per heavy atom. The molecule has 1 fully saturated rings. The lowest BCUT2D eigenvalue weighted by Crippen LogP contribution is -2.42. The van der Waals surface area contributed by atoms with Crippen LogP contribution in [0.2, 0.25) is 0 Å². The summed E-state index contributed by atoms with van der Waals surface area (Å²) in [6.45, 7) is 3.81. The van der Waals surface area contributed by atoms with E-state index >= 15 is 0 Å². The van der Waals surface area contributed by atoms with Crippen molar-refractivity contribution in [2.75, 3.05) is 0 Å². The van der Waals surface area contributed by atoms with E-state index in [0.29, 0.717) is 6.42 Å². The standard InChI is InChI=1S/C20H20N2O3S/c1-3-17-19-18-7-5-4-6-15(18)12-13-21(19)22(20(17)23)26(24,25)16-10-8-14(2)9-11-16/h4-13,17,19H,3H2,1-2H3/t17-,19-/m0/s1. The second-order valence-electron chi connectivity index (χ2n) is 6.68. The van der Waals surface area contributed by atoms with Crippen LogP contribution >= 0.6 is 0 Å². The number of hydrogen-bond acceptors (Lipinski definition) is 4. The summed E-state index contributed by atoms with van der Waals surface area (Å²) in [6, 6.07) is 14.1. The number of carbonyl (C=O) groups is 1. The predicted octanol–water partition coefficient (Wildman–Crippen LogP) is 3.49. The Morgan fingerprint density at radius 3 is 2.42 bits per heavy atom. The number of fused-ring (bicyclic) bond motifs is 3. The number of nitrogens with zero attached hydrogens (tertiary/aromatic N) is 2. The first-order valence-electron chi connectivity index (χ1n) is 8.66. The number of sulfonamides is 1. The molecule has 0 spiro atoms. The highest BCUT2D eigenvalue weighted by atomic mass is 32.2. The molecule has 0 saturated carbocycles. The second-order valence-corrected chi connectivity index (χ2v) is 8.45. The zero-order chi connectivity index (χ0) is 18.5. The van der Waals surface area contributed by atoms with E-state index in [1.807, 2.05) is 44.2 Å². The number of hydrazine groups is 1. The van der Waals surface area contributed by atoms with Gasteiger partial charge in [0.05, 0.1) is 16.9 Å². The molecule has 0 aromatic heterocycles. The monoisotopic (exact) mass is 368 g/mol. The topological polar surface area (TPSA) is 57.7 Å². The molecule has 6 heteroatoms. The molecule has 1 saturated heterocycles. The summed E-state index contributed by atoms with van der Waals surface area (Å²) in [5.41, 5.74) is 2.97. The van der Waals surface area contributed by atoms with Gasteiger partial charge in [-0.15, -0.1) is 4.41 Å². The fraction of sp³-hybridized carbons (Fsp3) is 0.250. The minimum atomic E-state index is -3.96. The van der Waals surface area contributed by atoms with Crippen LogP contribution in [0.5, 0.6) is 0 Å².